The molecule has 0 saturated carbocycles. The minimum atomic E-state index is -0.966. The van der Waals surface area contributed by atoms with Crippen LogP contribution in [0.4, 0.5) is 0 Å². The van der Waals surface area contributed by atoms with Gasteiger partial charge in [0.2, 0.25) is 0 Å². The van der Waals surface area contributed by atoms with Gasteiger partial charge in [-0.25, -0.2) is 9.59 Å². The van der Waals surface area contributed by atoms with E-state index in [0.717, 1.165) is 85.5 Å². The Kier molecular flexibility index (Phi) is 35.5. The van der Waals surface area contributed by atoms with E-state index in [2.05, 4.69) is 53.9 Å². The van der Waals surface area contributed by atoms with Crippen LogP contribution in [0.15, 0.2) is 84.9 Å². The van der Waals surface area contributed by atoms with Gasteiger partial charge in [-0.3, -0.25) is 0 Å². The van der Waals surface area contributed by atoms with Gasteiger partial charge in [0, 0.05) is 16.1 Å². The number of ether oxygens (including phenoxy) is 5. The smallest absolute Gasteiger partial charge is 0.343 e. The number of benzene rings is 4. The lowest BCUT2D eigenvalue weighted by atomic mass is 10.0. The van der Waals surface area contributed by atoms with Crippen molar-refractivity contribution in [2.24, 2.45) is 0 Å². The summed E-state index contributed by atoms with van der Waals surface area (Å²) in [4.78, 5) is 27.2. The fourth-order valence-corrected chi connectivity index (χ4v) is 13.6. The molecule has 0 aliphatic rings. The lowest BCUT2D eigenvalue weighted by Gasteiger charge is -2.19. The monoisotopic (exact) mass is 1150 g/mol. The third kappa shape index (κ3) is 30.7. The molecule has 0 heterocycles. The summed E-state index contributed by atoms with van der Waals surface area (Å²) in [6, 6.07) is 31.9. The number of carbonyl (C=O) groups is 2. The van der Waals surface area contributed by atoms with Crippen LogP contribution in [0.25, 0.3) is 0 Å². The first kappa shape index (κ1) is 69.1. The number of unbranched alkanes of at least 4 members (excludes halogenated alkanes) is 26. The van der Waals surface area contributed by atoms with E-state index in [1.165, 1.54) is 178 Å². The van der Waals surface area contributed by atoms with Gasteiger partial charge >= 0.3 is 11.9 Å². The first-order valence-electron chi connectivity index (χ1n) is 33.2. The summed E-state index contributed by atoms with van der Waals surface area (Å²) in [5.41, 5.74) is 2.98. The van der Waals surface area contributed by atoms with Crippen molar-refractivity contribution in [2.75, 3.05) is 13.2 Å². The summed E-state index contributed by atoms with van der Waals surface area (Å²) < 4.78 is 31.0. The van der Waals surface area contributed by atoms with E-state index in [9.17, 15) is 9.59 Å². The van der Waals surface area contributed by atoms with E-state index in [4.69, 9.17) is 23.7 Å². The van der Waals surface area contributed by atoms with Gasteiger partial charge in [-0.1, -0.05) is 245 Å². The molecule has 0 unspecified atom stereocenters. The van der Waals surface area contributed by atoms with Crippen LogP contribution < -0.4 is 23.7 Å². The number of hydrogen-bond donors (Lipinski definition) is 0. The molecule has 452 valence electrons. The predicted octanol–water partition coefficient (Wildman–Crippen LogP) is 23.0. The topological polar surface area (TPSA) is 80.3 Å². The van der Waals surface area contributed by atoms with Crippen LogP contribution >= 0.6 is 0 Å². The van der Waals surface area contributed by atoms with Crippen LogP contribution in [0.3, 0.4) is 0 Å². The third-order valence-electron chi connectivity index (χ3n) is 16.9. The molecule has 7 nitrogen and oxygen atoms in total. The highest BCUT2D eigenvalue weighted by Gasteiger charge is 2.19. The van der Waals surface area contributed by atoms with Gasteiger partial charge in [0.1, 0.15) is 34.5 Å². The molecular formula is C72H114O7Si2. The molecule has 0 radical (unpaired) electrons. The molecule has 0 saturated heterocycles. The van der Waals surface area contributed by atoms with Crippen molar-refractivity contribution < 1.29 is 33.3 Å². The van der Waals surface area contributed by atoms with Gasteiger partial charge in [-0.15, -0.1) is 0 Å². The van der Waals surface area contributed by atoms with E-state index in [-0.39, 0.29) is 0 Å². The first-order valence-corrected chi connectivity index (χ1v) is 40.0. The minimum Gasteiger partial charge on any atom is -0.494 e. The molecular weight excluding hydrogens is 1030 g/mol. The maximum absolute atomic E-state index is 13.6. The van der Waals surface area contributed by atoms with Gasteiger partial charge < -0.3 is 23.7 Å². The van der Waals surface area contributed by atoms with Gasteiger partial charge in [0.15, 0.2) is 0 Å². The molecule has 0 bridgehead atoms. The minimum absolute atomic E-state index is 0.402. The van der Waals surface area contributed by atoms with Crippen molar-refractivity contribution in [3.05, 3.63) is 107 Å². The molecule has 0 spiro atoms. The second-order valence-electron chi connectivity index (χ2n) is 25.1. The molecule has 4 rings (SSSR count). The van der Waals surface area contributed by atoms with Crippen LogP contribution in [0.5, 0.6) is 34.5 Å². The normalized spacial score (nSPS) is 11.7. The Morgan fingerprint density at radius 2 is 0.642 bits per heavy atom. The fourth-order valence-electron chi connectivity index (χ4n) is 10.5. The molecule has 4 aromatic carbocycles. The Morgan fingerprint density at radius 3 is 0.975 bits per heavy atom. The summed E-state index contributed by atoms with van der Waals surface area (Å²) in [6.45, 7) is 20.7. The second kappa shape index (κ2) is 41.6. The zero-order chi connectivity index (χ0) is 58.2. The van der Waals surface area contributed by atoms with Crippen molar-refractivity contribution in [1.82, 2.24) is 0 Å². The Balaban J connectivity index is 1.44. The summed E-state index contributed by atoms with van der Waals surface area (Å²) in [5, 5.41) is 0. The number of carbonyl (C=O) groups excluding carboxylic acids is 2. The third-order valence-corrected chi connectivity index (χ3v) is 24.2. The molecule has 0 amide bonds. The van der Waals surface area contributed by atoms with Crippen LogP contribution in [0, 0.1) is 0 Å². The second-order valence-corrected chi connectivity index (χ2v) is 36.2. The fraction of sp³-hybridized carbons (Fsp3) is 0.639. The molecule has 9 heteroatoms. The van der Waals surface area contributed by atoms with Crippen molar-refractivity contribution in [3.63, 3.8) is 0 Å². The SMILES string of the molecule is CCCCCCCCOc1ccc(C(=O)Oc2ccc(Oc3ccc(OC(=O)c4ccc(OCCCCCCCC)cc4)cc3CCCCCCCCCCC[Si](C)(C)CC)c(CCCCCCCCCCC[Si](C)(C)CC)c2)cc1. The predicted molar refractivity (Wildman–Crippen MR) is 350 cm³/mol. The summed E-state index contributed by atoms with van der Waals surface area (Å²) in [5.74, 6) is 3.22. The summed E-state index contributed by atoms with van der Waals surface area (Å²) in [7, 11) is -1.93. The molecule has 4 aromatic rings. The molecule has 0 aromatic heterocycles. The highest BCUT2D eigenvalue weighted by Crippen LogP contribution is 2.36. The van der Waals surface area contributed by atoms with Crippen molar-refractivity contribution in [3.8, 4) is 34.5 Å². The standard InChI is InChI=1S/C72H114O7Si2/c1-9-13-15-17-31-37-55-75-65-47-43-61(44-48-65)71(73)77-67-51-53-69(63(59-67)41-35-29-25-21-19-23-27-33-39-57-80(5,6)11-3)79-70-54-52-68(60-64(70)42-36-30-26-22-20-24-28-34-40-58-81(7,8)12-4)78-72(74)62-45-49-66(50-46-62)76-56-38-32-18-16-14-10-2/h43-54,59-60H,9-42,55-58H2,1-8H3. The van der Waals surface area contributed by atoms with E-state index in [0.29, 0.717) is 35.8 Å². The Hall–Kier alpha value is -4.35. The van der Waals surface area contributed by atoms with E-state index in [1.54, 1.807) is 24.3 Å². The lowest BCUT2D eigenvalue weighted by Crippen LogP contribution is -2.22. The maximum Gasteiger partial charge on any atom is 0.343 e. The Bertz CT molecular complexity index is 2110. The molecule has 0 fully saturated rings. The highest BCUT2D eigenvalue weighted by molar-refractivity contribution is 6.77. The lowest BCUT2D eigenvalue weighted by molar-refractivity contribution is 0.0725. The van der Waals surface area contributed by atoms with E-state index in [1.807, 2.05) is 60.7 Å². The molecule has 0 aliphatic carbocycles. The summed E-state index contributed by atoms with van der Waals surface area (Å²) >= 11 is 0. The Morgan fingerprint density at radius 1 is 0.346 bits per heavy atom. The average Bonchev–Trinajstić information content (AvgIpc) is 3.47. The molecule has 0 N–H and O–H groups in total. The number of rotatable bonds is 48. The maximum atomic E-state index is 13.6. The number of esters is 2. The largest absolute Gasteiger partial charge is 0.494 e. The van der Waals surface area contributed by atoms with Crippen LogP contribution in [0.2, 0.25) is 50.4 Å². The number of hydrogen-bond acceptors (Lipinski definition) is 7. The number of aryl methyl sites for hydroxylation is 2. The van der Waals surface area contributed by atoms with Crippen molar-refractivity contribution >= 4 is 28.1 Å². The Labute approximate surface area is 497 Å². The van der Waals surface area contributed by atoms with Crippen LogP contribution in [-0.2, 0) is 12.8 Å². The van der Waals surface area contributed by atoms with Crippen molar-refractivity contribution in [2.45, 2.75) is 284 Å². The van der Waals surface area contributed by atoms with Gasteiger partial charge in [0.25, 0.3) is 0 Å². The first-order chi connectivity index (χ1) is 39.3. The summed E-state index contributed by atoms with van der Waals surface area (Å²) in [6.07, 6.45) is 38.9. The quantitative estimate of drug-likeness (QED) is 0.0189. The zero-order valence-corrected chi connectivity index (χ0v) is 54.8. The van der Waals surface area contributed by atoms with Crippen LogP contribution in [0.1, 0.15) is 252 Å². The van der Waals surface area contributed by atoms with Gasteiger partial charge in [-0.2, -0.15) is 0 Å². The van der Waals surface area contributed by atoms with E-state index >= 15 is 0 Å². The van der Waals surface area contributed by atoms with Crippen molar-refractivity contribution in [1.29, 1.82) is 0 Å². The highest BCUT2D eigenvalue weighted by atomic mass is 28.3. The van der Waals surface area contributed by atoms with E-state index < -0.39 is 28.1 Å². The van der Waals surface area contributed by atoms with Gasteiger partial charge in [-0.05, 0) is 135 Å². The molecule has 0 aliphatic heterocycles. The van der Waals surface area contributed by atoms with Crippen LogP contribution in [-0.4, -0.2) is 41.3 Å². The molecule has 0 atom stereocenters. The molecule has 81 heavy (non-hydrogen) atoms. The van der Waals surface area contributed by atoms with Gasteiger partial charge in [0.05, 0.1) is 24.3 Å². The zero-order valence-electron chi connectivity index (χ0n) is 52.8. The average molecular weight is 1150 g/mol.